The second-order valence-corrected chi connectivity index (χ2v) is 6.66. The Kier molecular flexibility index (Phi) is 6.15. The Bertz CT molecular complexity index is 762. The first-order valence-electron chi connectivity index (χ1n) is 7.65. The molecule has 0 radical (unpaired) electrons. The number of hydrogen-bond donors (Lipinski definition) is 1. The minimum atomic E-state index is -0.297. The van der Waals surface area contributed by atoms with Crippen LogP contribution in [0.3, 0.4) is 0 Å². The number of aryl methyl sites for hydroxylation is 4. The zero-order chi connectivity index (χ0) is 17.7. The third-order valence-electron chi connectivity index (χ3n) is 3.62. The van der Waals surface area contributed by atoms with Crippen molar-refractivity contribution >= 4 is 28.1 Å². The Balaban J connectivity index is 1.90. The minimum absolute atomic E-state index is 0.0791. The van der Waals surface area contributed by atoms with E-state index < -0.39 is 0 Å². The summed E-state index contributed by atoms with van der Waals surface area (Å²) >= 11 is 3.43. The smallest absolute Gasteiger partial charge is 0.277 e. The fraction of sp³-hybridized carbons (Fsp3) is 0.263. The predicted molar refractivity (Wildman–Crippen MR) is 101 cm³/mol. The van der Waals surface area contributed by atoms with E-state index >= 15 is 0 Å². The van der Waals surface area contributed by atoms with Gasteiger partial charge in [-0.05, 0) is 62.6 Å². The molecule has 0 atom stereocenters. The number of ether oxygens (including phenoxy) is 1. The first-order valence-corrected chi connectivity index (χ1v) is 8.45. The molecule has 2 aromatic carbocycles. The van der Waals surface area contributed by atoms with Crippen molar-refractivity contribution in [2.24, 2.45) is 5.10 Å². The normalized spacial score (nSPS) is 10.9. The van der Waals surface area contributed by atoms with Crippen molar-refractivity contribution in [1.82, 2.24) is 5.43 Å². The maximum Gasteiger partial charge on any atom is 0.277 e. The highest BCUT2D eigenvalue weighted by molar-refractivity contribution is 9.10. The van der Waals surface area contributed by atoms with Gasteiger partial charge >= 0.3 is 0 Å². The number of amides is 1. The molecule has 0 aliphatic carbocycles. The molecular formula is C19H21BrN2O2. The van der Waals surface area contributed by atoms with E-state index in [9.17, 15) is 4.79 Å². The van der Waals surface area contributed by atoms with Crippen LogP contribution in [0.4, 0.5) is 0 Å². The Morgan fingerprint density at radius 2 is 1.79 bits per heavy atom. The van der Waals surface area contributed by atoms with Crippen LogP contribution in [-0.2, 0) is 4.79 Å². The van der Waals surface area contributed by atoms with Crippen molar-refractivity contribution in [3.63, 3.8) is 0 Å². The summed E-state index contributed by atoms with van der Waals surface area (Å²) in [5.41, 5.74) is 8.04. The van der Waals surface area contributed by atoms with Gasteiger partial charge in [0.05, 0.1) is 6.21 Å². The van der Waals surface area contributed by atoms with Gasteiger partial charge in [0.25, 0.3) is 5.91 Å². The summed E-state index contributed by atoms with van der Waals surface area (Å²) in [5, 5.41) is 4.02. The predicted octanol–water partition coefficient (Wildman–Crippen LogP) is 4.21. The van der Waals surface area contributed by atoms with Crippen molar-refractivity contribution in [3.8, 4) is 5.75 Å². The van der Waals surface area contributed by atoms with Gasteiger partial charge in [0.2, 0.25) is 0 Å². The van der Waals surface area contributed by atoms with Gasteiger partial charge in [0.1, 0.15) is 5.75 Å². The van der Waals surface area contributed by atoms with Gasteiger partial charge in [-0.25, -0.2) is 5.43 Å². The number of nitrogens with one attached hydrogen (secondary N) is 1. The van der Waals surface area contributed by atoms with Crippen LogP contribution in [-0.4, -0.2) is 18.7 Å². The summed E-state index contributed by atoms with van der Waals surface area (Å²) in [6.07, 6.45) is 1.67. The molecule has 1 N–H and O–H groups in total. The molecule has 0 aliphatic heterocycles. The average molecular weight is 389 g/mol. The molecule has 0 fully saturated rings. The molecule has 0 unspecified atom stereocenters. The largest absolute Gasteiger partial charge is 0.484 e. The Labute approximate surface area is 151 Å². The molecular weight excluding hydrogens is 368 g/mol. The van der Waals surface area contributed by atoms with Crippen molar-refractivity contribution in [3.05, 3.63) is 62.6 Å². The summed E-state index contributed by atoms with van der Waals surface area (Å²) in [7, 11) is 0. The quantitative estimate of drug-likeness (QED) is 0.615. The highest BCUT2D eigenvalue weighted by Crippen LogP contribution is 2.21. The zero-order valence-electron chi connectivity index (χ0n) is 14.3. The van der Waals surface area contributed by atoms with Crippen molar-refractivity contribution in [2.75, 3.05) is 6.61 Å². The molecule has 24 heavy (non-hydrogen) atoms. The van der Waals surface area contributed by atoms with Gasteiger partial charge in [-0.15, -0.1) is 0 Å². The number of benzene rings is 2. The van der Waals surface area contributed by atoms with Gasteiger partial charge in [0.15, 0.2) is 6.61 Å². The lowest BCUT2D eigenvalue weighted by molar-refractivity contribution is -0.123. The van der Waals surface area contributed by atoms with Gasteiger partial charge in [-0.3, -0.25) is 4.79 Å². The summed E-state index contributed by atoms with van der Waals surface area (Å²) in [4.78, 5) is 11.8. The van der Waals surface area contributed by atoms with E-state index in [1.54, 1.807) is 6.21 Å². The Hall–Kier alpha value is -2.14. The molecule has 126 valence electrons. The minimum Gasteiger partial charge on any atom is -0.484 e. The van der Waals surface area contributed by atoms with Crippen LogP contribution in [0.25, 0.3) is 0 Å². The van der Waals surface area contributed by atoms with Gasteiger partial charge in [-0.2, -0.15) is 5.10 Å². The first-order chi connectivity index (χ1) is 11.4. The lowest BCUT2D eigenvalue weighted by Gasteiger charge is -2.08. The number of nitrogens with zero attached hydrogens (tertiary/aromatic N) is 1. The van der Waals surface area contributed by atoms with Crippen LogP contribution in [0, 0.1) is 27.7 Å². The average Bonchev–Trinajstić information content (AvgIpc) is 2.51. The van der Waals surface area contributed by atoms with Gasteiger partial charge in [0, 0.05) is 10.0 Å². The van der Waals surface area contributed by atoms with E-state index in [4.69, 9.17) is 4.74 Å². The number of rotatable bonds is 5. The van der Waals surface area contributed by atoms with Crippen LogP contribution in [0.2, 0.25) is 0 Å². The molecule has 5 heteroatoms. The number of carbonyl (C=O) groups is 1. The van der Waals surface area contributed by atoms with E-state index in [1.807, 2.05) is 39.0 Å². The van der Waals surface area contributed by atoms with Crippen LogP contribution < -0.4 is 10.2 Å². The lowest BCUT2D eigenvalue weighted by atomic mass is 10.0. The van der Waals surface area contributed by atoms with E-state index in [1.165, 1.54) is 5.56 Å². The monoisotopic (exact) mass is 388 g/mol. The molecule has 1 amide bonds. The fourth-order valence-electron chi connectivity index (χ4n) is 2.45. The molecule has 0 saturated carbocycles. The Morgan fingerprint density at radius 1 is 1.12 bits per heavy atom. The lowest BCUT2D eigenvalue weighted by Crippen LogP contribution is -2.24. The first kappa shape index (κ1) is 18.2. The second kappa shape index (κ2) is 8.11. The molecule has 2 rings (SSSR count). The molecule has 0 bridgehead atoms. The zero-order valence-corrected chi connectivity index (χ0v) is 15.9. The van der Waals surface area contributed by atoms with Crippen LogP contribution >= 0.6 is 15.9 Å². The third-order valence-corrected chi connectivity index (χ3v) is 4.51. The molecule has 0 aromatic heterocycles. The molecule has 0 saturated heterocycles. The summed E-state index contributed by atoms with van der Waals surface area (Å²) in [5.74, 6) is 0.356. The van der Waals surface area contributed by atoms with E-state index in [0.29, 0.717) is 5.75 Å². The van der Waals surface area contributed by atoms with Crippen molar-refractivity contribution < 1.29 is 9.53 Å². The molecule has 0 heterocycles. The topological polar surface area (TPSA) is 50.7 Å². The highest BCUT2D eigenvalue weighted by Gasteiger charge is 2.04. The number of carbonyl (C=O) groups excluding carboxylic acids is 1. The highest BCUT2D eigenvalue weighted by atomic mass is 79.9. The van der Waals surface area contributed by atoms with Crippen LogP contribution in [0.15, 0.2) is 39.9 Å². The maximum atomic E-state index is 11.8. The molecule has 0 aliphatic rings. The van der Waals surface area contributed by atoms with Gasteiger partial charge in [-0.1, -0.05) is 33.6 Å². The fourth-order valence-corrected chi connectivity index (χ4v) is 2.70. The number of halogens is 1. The summed E-state index contributed by atoms with van der Waals surface area (Å²) in [6.45, 7) is 8.01. The van der Waals surface area contributed by atoms with E-state index in [0.717, 1.165) is 26.7 Å². The second-order valence-electron chi connectivity index (χ2n) is 5.81. The standard InChI is InChI=1S/C19H21BrN2O2/c1-12-7-13(2)17(14(3)8-12)10-21-22-19(23)11-24-16-5-6-18(20)15(4)9-16/h5-10H,11H2,1-4H3,(H,22,23)/b21-10+. The Morgan fingerprint density at radius 3 is 2.42 bits per heavy atom. The number of hydrogen-bond acceptors (Lipinski definition) is 3. The van der Waals surface area contributed by atoms with Crippen LogP contribution in [0.1, 0.15) is 27.8 Å². The molecule has 4 nitrogen and oxygen atoms in total. The molecule has 0 spiro atoms. The third kappa shape index (κ3) is 4.93. The number of hydrazone groups is 1. The van der Waals surface area contributed by atoms with Crippen molar-refractivity contribution in [2.45, 2.75) is 27.7 Å². The van der Waals surface area contributed by atoms with Crippen LogP contribution in [0.5, 0.6) is 5.75 Å². The molecule has 2 aromatic rings. The maximum absolute atomic E-state index is 11.8. The summed E-state index contributed by atoms with van der Waals surface area (Å²) in [6, 6.07) is 9.76. The SMILES string of the molecule is Cc1cc(C)c(/C=N/NC(=O)COc2ccc(Br)c(C)c2)c(C)c1. The van der Waals surface area contributed by atoms with Crippen molar-refractivity contribution in [1.29, 1.82) is 0 Å². The van der Waals surface area contributed by atoms with E-state index in [2.05, 4.69) is 45.5 Å². The van der Waals surface area contributed by atoms with Gasteiger partial charge < -0.3 is 4.74 Å². The summed E-state index contributed by atoms with van der Waals surface area (Å²) < 4.78 is 6.47. The van der Waals surface area contributed by atoms with E-state index in [-0.39, 0.29) is 12.5 Å².